The third-order valence-electron chi connectivity index (χ3n) is 8.66. The number of hydrogen-bond donors (Lipinski definition) is 1. The zero-order chi connectivity index (χ0) is 29.8. The van der Waals surface area contributed by atoms with Gasteiger partial charge in [-0.25, -0.2) is 13.8 Å². The molecule has 1 aliphatic carbocycles. The average molecular weight is 597 g/mol. The van der Waals surface area contributed by atoms with Crippen molar-refractivity contribution in [2.24, 2.45) is 11.0 Å². The van der Waals surface area contributed by atoms with Crippen molar-refractivity contribution in [3.8, 4) is 0 Å². The number of anilines is 1. The first-order chi connectivity index (χ1) is 20.0. The summed E-state index contributed by atoms with van der Waals surface area (Å²) >= 11 is 6.42. The smallest absolute Gasteiger partial charge is 0.248 e. The van der Waals surface area contributed by atoms with Crippen LogP contribution in [0, 0.1) is 31.4 Å². The summed E-state index contributed by atoms with van der Waals surface area (Å²) in [6, 6.07) is 9.34. The molecule has 42 heavy (non-hydrogen) atoms. The Morgan fingerprint density at radius 1 is 1.17 bits per heavy atom. The van der Waals surface area contributed by atoms with E-state index >= 15 is 4.39 Å². The molecule has 2 saturated heterocycles. The Kier molecular flexibility index (Phi) is 7.50. The molecule has 2 aromatic rings. The monoisotopic (exact) mass is 596 g/mol. The Balaban J connectivity index is 1.40. The fourth-order valence-electron chi connectivity index (χ4n) is 6.70. The highest BCUT2D eigenvalue weighted by Crippen LogP contribution is 2.47. The molecule has 2 aromatic carbocycles. The van der Waals surface area contributed by atoms with E-state index in [2.05, 4.69) is 10.2 Å². The van der Waals surface area contributed by atoms with E-state index in [9.17, 15) is 9.18 Å². The van der Waals surface area contributed by atoms with Gasteiger partial charge in [0.05, 0.1) is 36.6 Å². The summed E-state index contributed by atoms with van der Waals surface area (Å²) in [5.74, 6) is -2.39. The Morgan fingerprint density at radius 2 is 1.95 bits per heavy atom. The third kappa shape index (κ3) is 5.06. The van der Waals surface area contributed by atoms with Gasteiger partial charge in [-0.3, -0.25) is 4.79 Å². The molecular weight excluding hydrogens is 562 g/mol. The zero-order valence-corrected chi connectivity index (χ0v) is 25.0. The van der Waals surface area contributed by atoms with Gasteiger partial charge in [0.15, 0.2) is 5.54 Å². The number of carbonyl (C=O) groups is 1. The molecule has 1 N–H and O–H groups in total. The highest BCUT2D eigenvalue weighted by Gasteiger charge is 2.56. The number of allylic oxidation sites excluding steroid dienone is 3. The molecular formula is C32H35ClF2N4O3. The minimum atomic E-state index is -1.31. The van der Waals surface area contributed by atoms with Crippen molar-refractivity contribution in [2.45, 2.75) is 44.4 Å². The second kappa shape index (κ2) is 10.9. The fourth-order valence-corrected chi connectivity index (χ4v) is 6.91. The van der Waals surface area contributed by atoms with Crippen molar-refractivity contribution in [1.29, 1.82) is 0 Å². The van der Waals surface area contributed by atoms with Crippen molar-refractivity contribution in [2.75, 3.05) is 44.9 Å². The van der Waals surface area contributed by atoms with E-state index in [1.807, 2.05) is 52.1 Å². The lowest BCUT2D eigenvalue weighted by molar-refractivity contribution is -0.258. The standard InChI is InChI=1S/C32H35ClF2N4O3/c1-19-5-10-27(20(2)11-19)39-31(3,30(40)36-14-24-15-38(4)16-32(42-24)17-41-18-32)28(21-6-7-22(33)12-21)29(37-39)25-9-8-23(34)13-26(25)35/h5-11,13,24,28H,12,14-18H2,1-4H3,(H,36,40). The van der Waals surface area contributed by atoms with Crippen LogP contribution in [0.1, 0.15) is 30.0 Å². The second-order valence-corrected chi connectivity index (χ2v) is 12.6. The summed E-state index contributed by atoms with van der Waals surface area (Å²) in [5.41, 5.74) is 2.35. The molecule has 3 heterocycles. The van der Waals surface area contributed by atoms with Crippen molar-refractivity contribution in [1.82, 2.24) is 10.2 Å². The number of carbonyl (C=O) groups excluding carboxylic acids is 1. The molecule has 7 nitrogen and oxygen atoms in total. The number of ether oxygens (including phenoxy) is 2. The normalized spacial score (nSPS) is 27.0. The minimum absolute atomic E-state index is 0.140. The molecule has 3 aliphatic heterocycles. The lowest BCUT2D eigenvalue weighted by Crippen LogP contribution is -2.66. The number of nitrogens with zero attached hydrogens (tertiary/aromatic N) is 3. The number of aryl methyl sites for hydroxylation is 2. The maximum Gasteiger partial charge on any atom is 0.248 e. The lowest BCUT2D eigenvalue weighted by atomic mass is 9.74. The predicted octanol–water partition coefficient (Wildman–Crippen LogP) is 4.85. The fraction of sp³-hybridized carbons (Fsp3) is 0.438. The lowest BCUT2D eigenvalue weighted by Gasteiger charge is -2.50. The molecule has 6 rings (SSSR count). The van der Waals surface area contributed by atoms with Gasteiger partial charge in [-0.2, -0.15) is 5.10 Å². The Hall–Kier alpha value is -3.11. The van der Waals surface area contributed by atoms with Gasteiger partial charge in [-0.1, -0.05) is 40.9 Å². The van der Waals surface area contributed by atoms with Gasteiger partial charge >= 0.3 is 0 Å². The molecule has 0 saturated carbocycles. The van der Waals surface area contributed by atoms with Crippen LogP contribution < -0.4 is 10.3 Å². The van der Waals surface area contributed by atoms with E-state index in [0.29, 0.717) is 36.9 Å². The molecule has 3 unspecified atom stereocenters. The number of benzene rings is 2. The summed E-state index contributed by atoms with van der Waals surface area (Å²) in [6.07, 6.45) is 3.84. The highest BCUT2D eigenvalue weighted by atomic mass is 35.5. The van der Waals surface area contributed by atoms with Crippen molar-refractivity contribution >= 4 is 28.9 Å². The summed E-state index contributed by atoms with van der Waals surface area (Å²) in [7, 11) is 2.04. The zero-order valence-electron chi connectivity index (χ0n) is 24.2. The van der Waals surface area contributed by atoms with Crippen LogP contribution in [0.5, 0.6) is 0 Å². The van der Waals surface area contributed by atoms with Crippen LogP contribution in [0.3, 0.4) is 0 Å². The van der Waals surface area contributed by atoms with E-state index in [-0.39, 0.29) is 29.7 Å². The molecule has 0 bridgehead atoms. The number of likely N-dealkylation sites (N-methyl/N-ethyl adjacent to an activating group) is 1. The highest BCUT2D eigenvalue weighted by molar-refractivity contribution is 6.30. The van der Waals surface area contributed by atoms with E-state index < -0.39 is 23.1 Å². The summed E-state index contributed by atoms with van der Waals surface area (Å²) < 4.78 is 41.1. The number of nitrogens with one attached hydrogen (secondary N) is 1. The minimum Gasteiger partial charge on any atom is -0.375 e. The van der Waals surface area contributed by atoms with Crippen LogP contribution >= 0.6 is 11.6 Å². The first kappa shape index (κ1) is 29.0. The molecule has 3 atom stereocenters. The van der Waals surface area contributed by atoms with E-state index in [1.54, 1.807) is 11.1 Å². The van der Waals surface area contributed by atoms with E-state index in [1.165, 1.54) is 12.1 Å². The molecule has 10 heteroatoms. The number of hydrogen-bond acceptors (Lipinski definition) is 6. The molecule has 1 amide bonds. The molecule has 2 fully saturated rings. The Labute approximate surface area is 249 Å². The van der Waals surface area contributed by atoms with Crippen molar-refractivity contribution in [3.05, 3.63) is 87.5 Å². The van der Waals surface area contributed by atoms with Gasteiger partial charge in [0.25, 0.3) is 0 Å². The van der Waals surface area contributed by atoms with Gasteiger partial charge in [-0.05, 0) is 57.7 Å². The van der Waals surface area contributed by atoms with Crippen LogP contribution in [0.15, 0.2) is 64.3 Å². The summed E-state index contributed by atoms with van der Waals surface area (Å²) in [5, 5.41) is 10.4. The molecule has 0 aromatic heterocycles. The van der Waals surface area contributed by atoms with Gasteiger partial charge in [0, 0.05) is 42.7 Å². The van der Waals surface area contributed by atoms with Gasteiger partial charge in [0.2, 0.25) is 5.91 Å². The van der Waals surface area contributed by atoms with E-state index in [0.717, 1.165) is 35.0 Å². The maximum absolute atomic E-state index is 15.4. The number of hydrazone groups is 1. The summed E-state index contributed by atoms with van der Waals surface area (Å²) in [4.78, 5) is 16.7. The Bertz CT molecular complexity index is 1520. The second-order valence-electron chi connectivity index (χ2n) is 12.1. The van der Waals surface area contributed by atoms with Crippen LogP contribution in [-0.2, 0) is 14.3 Å². The van der Waals surface area contributed by atoms with Crippen molar-refractivity contribution < 1.29 is 23.0 Å². The number of rotatable bonds is 6. The third-order valence-corrected chi connectivity index (χ3v) is 8.92. The van der Waals surface area contributed by atoms with Crippen LogP contribution in [0.4, 0.5) is 14.5 Å². The molecule has 222 valence electrons. The number of halogens is 3. The first-order valence-electron chi connectivity index (χ1n) is 14.2. The average Bonchev–Trinajstić information content (AvgIpc) is 3.47. The first-order valence-corrected chi connectivity index (χ1v) is 14.6. The predicted molar refractivity (Wildman–Crippen MR) is 159 cm³/mol. The van der Waals surface area contributed by atoms with Gasteiger partial charge < -0.3 is 19.7 Å². The van der Waals surface area contributed by atoms with Crippen LogP contribution in [-0.4, -0.2) is 73.7 Å². The maximum atomic E-state index is 15.4. The number of amides is 1. The quantitative estimate of drug-likeness (QED) is 0.517. The molecule has 1 spiro atoms. The van der Waals surface area contributed by atoms with E-state index in [4.69, 9.17) is 26.2 Å². The SMILES string of the molecule is Cc1ccc(N2N=C(c3ccc(F)cc3F)C(C3=CC=C(Cl)C3)C2(C)C(=O)NCC2CN(C)CC3(COC3)O2)c(C)c1. The van der Waals surface area contributed by atoms with Crippen LogP contribution in [0.2, 0.25) is 0 Å². The topological polar surface area (TPSA) is 66.4 Å². The van der Waals surface area contributed by atoms with Crippen molar-refractivity contribution in [3.63, 3.8) is 0 Å². The van der Waals surface area contributed by atoms with Gasteiger partial charge in [0.1, 0.15) is 17.2 Å². The largest absolute Gasteiger partial charge is 0.375 e. The van der Waals surface area contributed by atoms with Gasteiger partial charge in [-0.15, -0.1) is 0 Å². The summed E-state index contributed by atoms with van der Waals surface area (Å²) in [6.45, 7) is 8.57. The number of morpholine rings is 1. The Morgan fingerprint density at radius 3 is 2.60 bits per heavy atom. The molecule has 0 radical (unpaired) electrons. The van der Waals surface area contributed by atoms with Crippen LogP contribution in [0.25, 0.3) is 0 Å². The molecule has 4 aliphatic rings.